The van der Waals surface area contributed by atoms with Crippen LogP contribution in [0.1, 0.15) is 16.8 Å². The van der Waals surface area contributed by atoms with Gasteiger partial charge in [0.2, 0.25) is 0 Å². The lowest BCUT2D eigenvalue weighted by Gasteiger charge is -2.26. The average Bonchev–Trinajstić information content (AvgIpc) is 2.40. The Kier molecular flexibility index (Phi) is 3.99. The van der Waals surface area contributed by atoms with Crippen LogP contribution < -0.4 is 0 Å². The van der Waals surface area contributed by atoms with E-state index in [1.54, 1.807) is 30.2 Å². The normalized spacial score (nSPS) is 15.4. The number of carbonyl (C=O) groups is 1. The van der Waals surface area contributed by atoms with Crippen molar-refractivity contribution in [3.05, 3.63) is 41.5 Å². The van der Waals surface area contributed by atoms with Gasteiger partial charge in [-0.25, -0.2) is 0 Å². The average molecular weight is 247 g/mol. The van der Waals surface area contributed by atoms with Crippen molar-refractivity contribution in [2.75, 3.05) is 26.8 Å². The smallest absolute Gasteiger partial charge is 0.257 e. The Hall–Kier alpha value is -1.81. The minimum Gasteiger partial charge on any atom is -0.507 e. The number of carbonyl (C=O) groups excluding carboxylic acids is 1. The van der Waals surface area contributed by atoms with E-state index in [0.717, 1.165) is 6.42 Å². The molecule has 1 aliphatic rings. The van der Waals surface area contributed by atoms with Crippen LogP contribution in [0.5, 0.6) is 5.75 Å². The van der Waals surface area contributed by atoms with Crippen LogP contribution >= 0.6 is 0 Å². The van der Waals surface area contributed by atoms with Gasteiger partial charge in [0.1, 0.15) is 5.75 Å². The van der Waals surface area contributed by atoms with Crippen molar-refractivity contribution in [2.24, 2.45) is 0 Å². The molecule has 1 aromatic carbocycles. The van der Waals surface area contributed by atoms with Crippen molar-refractivity contribution >= 4 is 5.91 Å². The molecule has 4 heteroatoms. The maximum absolute atomic E-state index is 12.2. The van der Waals surface area contributed by atoms with E-state index in [0.29, 0.717) is 25.3 Å². The Morgan fingerprint density at radius 3 is 2.83 bits per heavy atom. The van der Waals surface area contributed by atoms with E-state index in [1.165, 1.54) is 11.6 Å². The quantitative estimate of drug-likeness (QED) is 0.829. The first-order valence-corrected chi connectivity index (χ1v) is 5.96. The Morgan fingerprint density at radius 1 is 1.44 bits per heavy atom. The van der Waals surface area contributed by atoms with Crippen LogP contribution in [-0.2, 0) is 4.74 Å². The number of phenolic OH excluding ortho intramolecular Hbond substituents is 1. The van der Waals surface area contributed by atoms with Crippen LogP contribution in [0, 0.1) is 0 Å². The number of phenols is 1. The maximum Gasteiger partial charge on any atom is 0.257 e. The fourth-order valence-electron chi connectivity index (χ4n) is 2.04. The highest BCUT2D eigenvalue weighted by atomic mass is 16.5. The van der Waals surface area contributed by atoms with Crippen molar-refractivity contribution < 1.29 is 14.6 Å². The van der Waals surface area contributed by atoms with Gasteiger partial charge >= 0.3 is 0 Å². The highest BCUT2D eigenvalue weighted by Gasteiger charge is 2.20. The standard InChI is InChI=1S/C14H17NO3/c1-18-10-11-6-8-15(9-7-11)14(17)12-4-2-3-5-13(12)16/h2-6,16H,7-10H2,1H3. The summed E-state index contributed by atoms with van der Waals surface area (Å²) < 4.78 is 5.07. The van der Waals surface area contributed by atoms with E-state index in [9.17, 15) is 9.90 Å². The second kappa shape index (κ2) is 5.69. The molecule has 18 heavy (non-hydrogen) atoms. The fraction of sp³-hybridized carbons (Fsp3) is 0.357. The summed E-state index contributed by atoms with van der Waals surface area (Å²) in [5.74, 6) is -0.0880. The summed E-state index contributed by atoms with van der Waals surface area (Å²) in [7, 11) is 1.67. The number of aromatic hydroxyl groups is 1. The zero-order valence-electron chi connectivity index (χ0n) is 10.4. The van der Waals surface area contributed by atoms with Gasteiger partial charge in [0.05, 0.1) is 12.2 Å². The number of amides is 1. The molecular formula is C14H17NO3. The van der Waals surface area contributed by atoms with Crippen LogP contribution in [0.25, 0.3) is 0 Å². The molecule has 0 bridgehead atoms. The molecule has 0 aliphatic carbocycles. The van der Waals surface area contributed by atoms with Gasteiger partial charge in [-0.3, -0.25) is 4.79 Å². The number of nitrogens with zero attached hydrogens (tertiary/aromatic N) is 1. The van der Waals surface area contributed by atoms with E-state index < -0.39 is 0 Å². The summed E-state index contributed by atoms with van der Waals surface area (Å²) in [6.45, 7) is 1.87. The van der Waals surface area contributed by atoms with Gasteiger partial charge in [-0.05, 0) is 24.1 Å². The van der Waals surface area contributed by atoms with Crippen LogP contribution in [0.4, 0.5) is 0 Å². The minimum absolute atomic E-state index is 0.0363. The summed E-state index contributed by atoms with van der Waals surface area (Å²) in [5, 5.41) is 9.66. The van der Waals surface area contributed by atoms with Crippen molar-refractivity contribution in [2.45, 2.75) is 6.42 Å². The molecule has 96 valence electrons. The van der Waals surface area contributed by atoms with Crippen molar-refractivity contribution in [1.29, 1.82) is 0 Å². The number of ether oxygens (including phenoxy) is 1. The molecule has 0 spiro atoms. The molecule has 1 aromatic rings. The van der Waals surface area contributed by atoms with Gasteiger partial charge in [-0.1, -0.05) is 18.2 Å². The van der Waals surface area contributed by atoms with Crippen molar-refractivity contribution in [1.82, 2.24) is 4.90 Å². The van der Waals surface area contributed by atoms with Gasteiger partial charge in [-0.2, -0.15) is 0 Å². The first kappa shape index (κ1) is 12.6. The van der Waals surface area contributed by atoms with Crippen molar-refractivity contribution in [3.63, 3.8) is 0 Å². The number of rotatable bonds is 3. The van der Waals surface area contributed by atoms with Crippen LogP contribution in [0.3, 0.4) is 0 Å². The number of benzene rings is 1. The molecular weight excluding hydrogens is 230 g/mol. The summed E-state index contributed by atoms with van der Waals surface area (Å²) >= 11 is 0. The zero-order valence-corrected chi connectivity index (χ0v) is 10.4. The molecule has 0 unspecified atom stereocenters. The Balaban J connectivity index is 2.06. The highest BCUT2D eigenvalue weighted by molar-refractivity contribution is 5.97. The Morgan fingerprint density at radius 2 is 2.22 bits per heavy atom. The molecule has 1 N–H and O–H groups in total. The Labute approximate surface area is 106 Å². The van der Waals surface area contributed by atoms with Gasteiger partial charge in [0, 0.05) is 20.2 Å². The summed E-state index contributed by atoms with van der Waals surface area (Å²) in [6.07, 6.45) is 2.85. The highest BCUT2D eigenvalue weighted by Crippen LogP contribution is 2.20. The molecule has 0 radical (unpaired) electrons. The SMILES string of the molecule is COCC1=CCN(C(=O)c2ccccc2O)CC1. The molecule has 0 atom stereocenters. The third-order valence-electron chi connectivity index (χ3n) is 3.05. The molecule has 1 amide bonds. The van der Waals surface area contributed by atoms with E-state index >= 15 is 0 Å². The molecule has 1 aliphatic heterocycles. The molecule has 0 saturated heterocycles. The number of para-hydroxylation sites is 1. The zero-order chi connectivity index (χ0) is 13.0. The van der Waals surface area contributed by atoms with E-state index in [4.69, 9.17) is 4.74 Å². The fourth-order valence-corrected chi connectivity index (χ4v) is 2.04. The Bertz CT molecular complexity index is 468. The van der Waals surface area contributed by atoms with Gasteiger partial charge in [0.25, 0.3) is 5.91 Å². The van der Waals surface area contributed by atoms with Gasteiger partial charge in [0.15, 0.2) is 0 Å². The number of hydrogen-bond donors (Lipinski definition) is 1. The van der Waals surface area contributed by atoms with Crippen LogP contribution in [-0.4, -0.2) is 42.7 Å². The predicted molar refractivity (Wildman–Crippen MR) is 68.6 cm³/mol. The first-order chi connectivity index (χ1) is 8.72. The van der Waals surface area contributed by atoms with Gasteiger partial charge in [-0.15, -0.1) is 0 Å². The summed E-state index contributed by atoms with van der Waals surface area (Å²) in [4.78, 5) is 13.9. The topological polar surface area (TPSA) is 49.8 Å². The van der Waals surface area contributed by atoms with Crippen LogP contribution in [0.2, 0.25) is 0 Å². The third kappa shape index (κ3) is 2.71. The molecule has 0 fully saturated rings. The summed E-state index contributed by atoms with van der Waals surface area (Å²) in [6, 6.07) is 6.64. The monoisotopic (exact) mass is 247 g/mol. The molecule has 2 rings (SSSR count). The summed E-state index contributed by atoms with van der Waals surface area (Å²) in [5.41, 5.74) is 1.58. The molecule has 0 aromatic heterocycles. The van der Waals surface area contributed by atoms with Crippen molar-refractivity contribution in [3.8, 4) is 5.75 Å². The first-order valence-electron chi connectivity index (χ1n) is 5.96. The lowest BCUT2D eigenvalue weighted by molar-refractivity contribution is 0.0762. The second-order valence-electron chi connectivity index (χ2n) is 4.31. The molecule has 4 nitrogen and oxygen atoms in total. The molecule has 0 saturated carbocycles. The molecule has 1 heterocycles. The lowest BCUT2D eigenvalue weighted by atomic mass is 10.1. The van der Waals surface area contributed by atoms with E-state index in [2.05, 4.69) is 0 Å². The second-order valence-corrected chi connectivity index (χ2v) is 4.31. The van der Waals surface area contributed by atoms with Gasteiger partial charge < -0.3 is 14.7 Å². The van der Waals surface area contributed by atoms with E-state index in [-0.39, 0.29) is 11.7 Å². The van der Waals surface area contributed by atoms with E-state index in [1.807, 2.05) is 6.08 Å². The minimum atomic E-state index is -0.124. The lowest BCUT2D eigenvalue weighted by Crippen LogP contribution is -2.35. The number of methoxy groups -OCH3 is 1. The largest absolute Gasteiger partial charge is 0.507 e. The maximum atomic E-state index is 12.2. The van der Waals surface area contributed by atoms with Crippen LogP contribution in [0.15, 0.2) is 35.9 Å². The number of hydrogen-bond acceptors (Lipinski definition) is 3. The predicted octanol–water partition coefficient (Wildman–Crippen LogP) is 1.81. The third-order valence-corrected chi connectivity index (χ3v) is 3.05.